The van der Waals surface area contributed by atoms with Crippen molar-refractivity contribution in [1.82, 2.24) is 25.1 Å². The molecule has 4 rings (SSSR count). The molecule has 3 heterocycles. The third-order valence-electron chi connectivity index (χ3n) is 4.71. The summed E-state index contributed by atoms with van der Waals surface area (Å²) >= 11 is 0. The summed E-state index contributed by atoms with van der Waals surface area (Å²) in [4.78, 5) is 8.04. The largest absolute Gasteiger partial charge is 0.474 e. The van der Waals surface area contributed by atoms with Crippen molar-refractivity contribution in [3.8, 4) is 11.6 Å². The molecule has 0 unspecified atom stereocenters. The number of piperidine rings is 1. The average molecular weight is 431 g/mol. The van der Waals surface area contributed by atoms with Gasteiger partial charge in [-0.3, -0.25) is 0 Å². The molecule has 0 saturated carbocycles. The molecule has 1 aliphatic rings. The van der Waals surface area contributed by atoms with Gasteiger partial charge in [0.25, 0.3) is 0 Å². The lowest BCUT2D eigenvalue weighted by Crippen LogP contribution is -2.34. The summed E-state index contributed by atoms with van der Waals surface area (Å²) < 4.78 is 85.8. The van der Waals surface area contributed by atoms with E-state index in [1.165, 1.54) is 6.20 Å². The van der Waals surface area contributed by atoms with E-state index in [-0.39, 0.29) is 23.7 Å². The minimum absolute atomic E-state index is 0.0429. The number of alkyl halides is 6. The highest BCUT2D eigenvalue weighted by Gasteiger charge is 2.37. The minimum Gasteiger partial charge on any atom is -0.474 e. The molecule has 1 aromatic carbocycles. The zero-order valence-corrected chi connectivity index (χ0v) is 15.3. The second-order valence-electron chi connectivity index (χ2n) is 6.80. The van der Waals surface area contributed by atoms with Crippen LogP contribution in [0.2, 0.25) is 0 Å². The summed E-state index contributed by atoms with van der Waals surface area (Å²) in [6, 6.07) is 1.25. The fourth-order valence-corrected chi connectivity index (χ4v) is 3.24. The molecule has 1 N–H and O–H groups in total. The summed E-state index contributed by atoms with van der Waals surface area (Å²) in [5.74, 6) is 0.182. The van der Waals surface area contributed by atoms with Gasteiger partial charge in [0.05, 0.1) is 23.0 Å². The van der Waals surface area contributed by atoms with Gasteiger partial charge in [0, 0.05) is 0 Å². The number of hydrogen-bond acceptors (Lipinski definition) is 5. The molecule has 0 spiro atoms. The highest BCUT2D eigenvalue weighted by molar-refractivity contribution is 5.81. The smallest absolute Gasteiger partial charge is 0.416 e. The van der Waals surface area contributed by atoms with E-state index in [9.17, 15) is 26.3 Å². The van der Waals surface area contributed by atoms with Crippen molar-refractivity contribution in [3.05, 3.63) is 41.9 Å². The van der Waals surface area contributed by atoms with E-state index in [0.29, 0.717) is 17.5 Å². The maximum Gasteiger partial charge on any atom is 0.416 e. The lowest BCUT2D eigenvalue weighted by Gasteiger charge is -2.23. The molecule has 1 saturated heterocycles. The Hall–Kier alpha value is -2.89. The number of halogens is 6. The lowest BCUT2D eigenvalue weighted by atomic mass is 10.1. The zero-order valence-electron chi connectivity index (χ0n) is 15.3. The summed E-state index contributed by atoms with van der Waals surface area (Å²) in [7, 11) is 0. The molecule has 6 nitrogen and oxygen atoms in total. The van der Waals surface area contributed by atoms with Crippen LogP contribution in [0.15, 0.2) is 30.7 Å². The second-order valence-corrected chi connectivity index (χ2v) is 6.80. The van der Waals surface area contributed by atoms with Gasteiger partial charge in [-0.05, 0) is 44.1 Å². The predicted molar refractivity (Wildman–Crippen MR) is 93.2 cm³/mol. The summed E-state index contributed by atoms with van der Waals surface area (Å²) in [5, 5.41) is 7.43. The Morgan fingerprint density at radius 2 is 1.57 bits per heavy atom. The number of nitrogens with zero attached hydrogens (tertiary/aromatic N) is 4. The first kappa shape index (κ1) is 20.4. The highest BCUT2D eigenvalue weighted by Crippen LogP contribution is 2.37. The van der Waals surface area contributed by atoms with Gasteiger partial charge in [-0.1, -0.05) is 0 Å². The van der Waals surface area contributed by atoms with Crippen LogP contribution >= 0.6 is 0 Å². The standard InChI is InChI=1S/C18H15F6N5O/c19-17(20,21)10-5-11(18(22,23)24)7-12(6-10)29-15-14(8-28-29)16(27-9-26-15)30-13-1-3-25-4-2-13/h5-9,13,25H,1-4H2. The first-order valence-electron chi connectivity index (χ1n) is 8.99. The Balaban J connectivity index is 1.79. The van der Waals surface area contributed by atoms with Crippen LogP contribution in [-0.4, -0.2) is 38.9 Å². The van der Waals surface area contributed by atoms with Gasteiger partial charge in [-0.25, -0.2) is 14.6 Å². The summed E-state index contributed by atoms with van der Waals surface area (Å²) in [6.45, 7) is 1.53. The van der Waals surface area contributed by atoms with Gasteiger partial charge in [0.1, 0.15) is 17.8 Å². The van der Waals surface area contributed by atoms with Crippen LogP contribution in [0.3, 0.4) is 0 Å². The molecule has 0 aliphatic carbocycles. The van der Waals surface area contributed by atoms with E-state index in [1.54, 1.807) is 0 Å². The fourth-order valence-electron chi connectivity index (χ4n) is 3.24. The molecule has 1 aliphatic heterocycles. The van der Waals surface area contributed by atoms with Crippen LogP contribution < -0.4 is 10.1 Å². The maximum absolute atomic E-state index is 13.2. The normalized spacial score (nSPS) is 16.2. The Bertz CT molecular complexity index is 1020. The van der Waals surface area contributed by atoms with Gasteiger partial charge in [-0.2, -0.15) is 31.4 Å². The van der Waals surface area contributed by atoms with Crippen LogP contribution in [0, 0.1) is 0 Å². The zero-order chi connectivity index (χ0) is 21.5. The van der Waals surface area contributed by atoms with Crippen LogP contribution in [0.5, 0.6) is 5.88 Å². The van der Waals surface area contributed by atoms with Crippen LogP contribution in [0.1, 0.15) is 24.0 Å². The van der Waals surface area contributed by atoms with Gasteiger partial charge in [0.15, 0.2) is 5.65 Å². The molecule has 1 fully saturated rings. The SMILES string of the molecule is FC(F)(F)c1cc(-n2ncc3c(OC4CCNCC4)ncnc32)cc(C(F)(F)F)c1. The number of nitrogens with one attached hydrogen (secondary N) is 1. The number of hydrogen-bond donors (Lipinski definition) is 1. The number of ether oxygens (including phenoxy) is 1. The first-order chi connectivity index (χ1) is 14.1. The topological polar surface area (TPSA) is 64.9 Å². The van der Waals surface area contributed by atoms with Crippen LogP contribution in [-0.2, 0) is 12.4 Å². The lowest BCUT2D eigenvalue weighted by molar-refractivity contribution is -0.143. The molecule has 160 valence electrons. The van der Waals surface area contributed by atoms with E-state index in [4.69, 9.17) is 4.74 Å². The van der Waals surface area contributed by atoms with Gasteiger partial charge in [-0.15, -0.1) is 0 Å². The Morgan fingerprint density at radius 3 is 2.17 bits per heavy atom. The van der Waals surface area contributed by atoms with Crippen molar-refractivity contribution in [1.29, 1.82) is 0 Å². The van der Waals surface area contributed by atoms with Crippen molar-refractivity contribution in [2.75, 3.05) is 13.1 Å². The quantitative estimate of drug-likeness (QED) is 0.636. The molecule has 12 heteroatoms. The molecule has 3 aromatic rings. The Kier molecular flexibility index (Phi) is 5.04. The first-order valence-corrected chi connectivity index (χ1v) is 8.99. The van der Waals surface area contributed by atoms with E-state index < -0.39 is 29.2 Å². The summed E-state index contributed by atoms with van der Waals surface area (Å²) in [5.41, 5.74) is -3.24. The van der Waals surface area contributed by atoms with Crippen LogP contribution in [0.4, 0.5) is 26.3 Å². The molecule has 0 amide bonds. The fraction of sp³-hybridized carbons (Fsp3) is 0.389. The summed E-state index contributed by atoms with van der Waals surface area (Å²) in [6.07, 6.45) is -6.16. The van der Waals surface area contributed by atoms with Crippen molar-refractivity contribution in [3.63, 3.8) is 0 Å². The minimum atomic E-state index is -4.96. The third-order valence-corrected chi connectivity index (χ3v) is 4.71. The Labute approximate surface area is 165 Å². The second kappa shape index (κ2) is 7.42. The van der Waals surface area contributed by atoms with E-state index >= 15 is 0 Å². The third kappa shape index (κ3) is 4.04. The van der Waals surface area contributed by atoms with Crippen molar-refractivity contribution in [2.45, 2.75) is 31.3 Å². The van der Waals surface area contributed by atoms with E-state index in [0.717, 1.165) is 36.9 Å². The molecule has 0 radical (unpaired) electrons. The Morgan fingerprint density at radius 1 is 0.933 bits per heavy atom. The van der Waals surface area contributed by atoms with Crippen molar-refractivity contribution < 1.29 is 31.1 Å². The maximum atomic E-state index is 13.2. The van der Waals surface area contributed by atoms with Gasteiger partial charge < -0.3 is 10.1 Å². The monoisotopic (exact) mass is 431 g/mol. The molecular weight excluding hydrogens is 416 g/mol. The van der Waals surface area contributed by atoms with E-state index in [2.05, 4.69) is 20.4 Å². The van der Waals surface area contributed by atoms with E-state index in [1.807, 2.05) is 0 Å². The molecule has 0 bridgehead atoms. The number of benzene rings is 1. The average Bonchev–Trinajstić information content (AvgIpc) is 3.12. The molecular formula is C18H15F6N5O. The van der Waals surface area contributed by atoms with Crippen LogP contribution in [0.25, 0.3) is 16.7 Å². The molecule has 30 heavy (non-hydrogen) atoms. The predicted octanol–water partition coefficient (Wildman–Crippen LogP) is 3.98. The van der Waals surface area contributed by atoms with Crippen molar-refractivity contribution in [2.24, 2.45) is 0 Å². The molecule has 0 atom stereocenters. The van der Waals surface area contributed by atoms with Gasteiger partial charge in [0.2, 0.25) is 5.88 Å². The number of fused-ring (bicyclic) bond motifs is 1. The molecule has 2 aromatic heterocycles. The number of aromatic nitrogens is 4. The highest BCUT2D eigenvalue weighted by atomic mass is 19.4. The van der Waals surface area contributed by atoms with Gasteiger partial charge >= 0.3 is 12.4 Å². The number of rotatable bonds is 3. The van der Waals surface area contributed by atoms with Crippen molar-refractivity contribution >= 4 is 11.0 Å².